The summed E-state index contributed by atoms with van der Waals surface area (Å²) < 4.78 is 0. The van der Waals surface area contributed by atoms with E-state index in [1.54, 1.807) is 0 Å². The second-order valence-electron chi connectivity index (χ2n) is 4.38. The molecule has 2 heteroatoms. The molecule has 0 unspecified atom stereocenters. The van der Waals surface area contributed by atoms with Crippen molar-refractivity contribution in [1.82, 2.24) is 0 Å². The zero-order valence-electron chi connectivity index (χ0n) is 10.5. The van der Waals surface area contributed by atoms with Crippen LogP contribution in [0.15, 0.2) is 48.5 Å². The molecular formula is C16H17NO. The molecule has 92 valence electrons. The Kier molecular flexibility index (Phi) is 3.90. The van der Waals surface area contributed by atoms with Gasteiger partial charge in [0, 0.05) is 11.1 Å². The van der Waals surface area contributed by atoms with Crippen molar-refractivity contribution in [3.63, 3.8) is 0 Å². The van der Waals surface area contributed by atoms with Crippen LogP contribution < -0.4 is 5.73 Å². The number of nitrogens with two attached hydrogens (primary N) is 1. The first-order valence-corrected chi connectivity index (χ1v) is 6.11. The Balaban J connectivity index is 2.27. The molecule has 2 rings (SSSR count). The van der Waals surface area contributed by atoms with Gasteiger partial charge in [-0.1, -0.05) is 48.5 Å². The number of hydrogen-bond donors (Lipinski definition) is 1. The van der Waals surface area contributed by atoms with Crippen molar-refractivity contribution in [2.75, 3.05) is 6.54 Å². The molecule has 2 N–H and O–H groups in total. The molecule has 0 amide bonds. The van der Waals surface area contributed by atoms with E-state index in [0.717, 1.165) is 23.1 Å². The summed E-state index contributed by atoms with van der Waals surface area (Å²) in [4.78, 5) is 12.3. The van der Waals surface area contributed by atoms with Gasteiger partial charge in [-0.3, -0.25) is 4.79 Å². The van der Waals surface area contributed by atoms with Crippen LogP contribution in [-0.2, 0) is 6.42 Å². The van der Waals surface area contributed by atoms with Crippen molar-refractivity contribution >= 4 is 5.78 Å². The lowest BCUT2D eigenvalue weighted by atomic mass is 9.98. The average Bonchev–Trinajstić information content (AvgIpc) is 2.40. The van der Waals surface area contributed by atoms with Crippen molar-refractivity contribution in [1.29, 1.82) is 0 Å². The number of hydrogen-bond acceptors (Lipinski definition) is 2. The highest BCUT2D eigenvalue weighted by Gasteiger charge is 2.10. The van der Waals surface area contributed by atoms with Gasteiger partial charge < -0.3 is 5.73 Å². The van der Waals surface area contributed by atoms with E-state index in [0.29, 0.717) is 6.54 Å². The number of carbonyl (C=O) groups excluding carboxylic acids is 1. The molecule has 2 nitrogen and oxygen atoms in total. The van der Waals surface area contributed by atoms with E-state index in [4.69, 9.17) is 5.73 Å². The second-order valence-corrected chi connectivity index (χ2v) is 4.38. The molecule has 0 radical (unpaired) electrons. The van der Waals surface area contributed by atoms with Crippen LogP contribution in [0, 0.1) is 6.92 Å². The number of ketones is 1. The van der Waals surface area contributed by atoms with Crippen LogP contribution >= 0.6 is 0 Å². The van der Waals surface area contributed by atoms with E-state index in [1.807, 2.05) is 55.5 Å². The summed E-state index contributed by atoms with van der Waals surface area (Å²) in [5.74, 6) is 0.0763. The minimum absolute atomic E-state index is 0.0763. The molecule has 0 aliphatic rings. The predicted molar refractivity (Wildman–Crippen MR) is 73.8 cm³/mol. The van der Waals surface area contributed by atoms with Crippen molar-refractivity contribution in [3.05, 3.63) is 70.8 Å². The second kappa shape index (κ2) is 5.61. The van der Waals surface area contributed by atoms with Gasteiger partial charge in [0.25, 0.3) is 0 Å². The fourth-order valence-corrected chi connectivity index (χ4v) is 1.97. The van der Waals surface area contributed by atoms with Crippen LogP contribution in [0.2, 0.25) is 0 Å². The Hall–Kier alpha value is -1.93. The molecule has 18 heavy (non-hydrogen) atoms. The standard InChI is InChI=1S/C16H17NO/c1-12-4-2-3-5-15(12)16(18)14-8-6-13(7-9-14)10-11-17/h2-9H,10-11,17H2,1H3. The zero-order chi connectivity index (χ0) is 13.0. The molecule has 2 aromatic rings. The molecule has 0 heterocycles. The molecule has 0 spiro atoms. The monoisotopic (exact) mass is 239 g/mol. The number of carbonyl (C=O) groups is 1. The fraction of sp³-hybridized carbons (Fsp3) is 0.188. The van der Waals surface area contributed by atoms with Gasteiger partial charge in [0.05, 0.1) is 0 Å². The number of aryl methyl sites for hydroxylation is 1. The van der Waals surface area contributed by atoms with E-state index in [2.05, 4.69) is 0 Å². The van der Waals surface area contributed by atoms with Gasteiger partial charge in [-0.05, 0) is 31.0 Å². The summed E-state index contributed by atoms with van der Waals surface area (Å²) in [5, 5.41) is 0. The third-order valence-corrected chi connectivity index (χ3v) is 3.04. The van der Waals surface area contributed by atoms with E-state index in [-0.39, 0.29) is 5.78 Å². The average molecular weight is 239 g/mol. The molecule has 0 aromatic heterocycles. The van der Waals surface area contributed by atoms with Gasteiger partial charge in [0.2, 0.25) is 0 Å². The number of rotatable bonds is 4. The first kappa shape index (κ1) is 12.5. The molecule has 0 atom stereocenters. The molecule has 0 fully saturated rings. The maximum Gasteiger partial charge on any atom is 0.193 e. The molecule has 2 aromatic carbocycles. The predicted octanol–water partition coefficient (Wildman–Crippen LogP) is 2.73. The van der Waals surface area contributed by atoms with E-state index >= 15 is 0 Å². The van der Waals surface area contributed by atoms with Crippen molar-refractivity contribution in [2.24, 2.45) is 5.73 Å². The van der Waals surface area contributed by atoms with Crippen LogP contribution in [-0.4, -0.2) is 12.3 Å². The maximum atomic E-state index is 12.3. The zero-order valence-corrected chi connectivity index (χ0v) is 10.5. The highest BCUT2D eigenvalue weighted by Crippen LogP contribution is 2.14. The summed E-state index contributed by atoms with van der Waals surface area (Å²) in [5.41, 5.74) is 9.17. The smallest absolute Gasteiger partial charge is 0.193 e. The number of benzene rings is 2. The van der Waals surface area contributed by atoms with E-state index < -0.39 is 0 Å². The Morgan fingerprint density at radius 1 is 1.06 bits per heavy atom. The Morgan fingerprint density at radius 2 is 1.72 bits per heavy atom. The molecule has 0 saturated carbocycles. The third-order valence-electron chi connectivity index (χ3n) is 3.04. The normalized spacial score (nSPS) is 10.3. The Morgan fingerprint density at radius 3 is 2.33 bits per heavy atom. The molecule has 0 bridgehead atoms. The first-order chi connectivity index (χ1) is 8.72. The summed E-state index contributed by atoms with van der Waals surface area (Å²) >= 11 is 0. The van der Waals surface area contributed by atoms with Crippen molar-refractivity contribution < 1.29 is 4.79 Å². The quantitative estimate of drug-likeness (QED) is 0.834. The lowest BCUT2D eigenvalue weighted by molar-refractivity contribution is 0.103. The van der Waals surface area contributed by atoms with Crippen LogP contribution in [0.1, 0.15) is 27.0 Å². The van der Waals surface area contributed by atoms with E-state index in [9.17, 15) is 4.79 Å². The Labute approximate surface area is 107 Å². The minimum Gasteiger partial charge on any atom is -0.330 e. The molecular weight excluding hydrogens is 222 g/mol. The van der Waals surface area contributed by atoms with Crippen LogP contribution in [0.25, 0.3) is 0 Å². The van der Waals surface area contributed by atoms with Crippen molar-refractivity contribution in [2.45, 2.75) is 13.3 Å². The molecule has 0 saturated heterocycles. The maximum absolute atomic E-state index is 12.3. The summed E-state index contributed by atoms with van der Waals surface area (Å²) in [7, 11) is 0. The summed E-state index contributed by atoms with van der Waals surface area (Å²) in [6.07, 6.45) is 0.846. The third kappa shape index (κ3) is 2.66. The van der Waals surface area contributed by atoms with Crippen LogP contribution in [0.5, 0.6) is 0 Å². The van der Waals surface area contributed by atoms with Crippen LogP contribution in [0.3, 0.4) is 0 Å². The fourth-order valence-electron chi connectivity index (χ4n) is 1.97. The van der Waals surface area contributed by atoms with Crippen LogP contribution in [0.4, 0.5) is 0 Å². The molecule has 0 aliphatic carbocycles. The highest BCUT2D eigenvalue weighted by atomic mass is 16.1. The first-order valence-electron chi connectivity index (χ1n) is 6.11. The highest BCUT2D eigenvalue weighted by molar-refractivity contribution is 6.09. The summed E-state index contributed by atoms with van der Waals surface area (Å²) in [6.45, 7) is 2.58. The Bertz CT molecular complexity index is 543. The van der Waals surface area contributed by atoms with Gasteiger partial charge in [-0.2, -0.15) is 0 Å². The van der Waals surface area contributed by atoms with Gasteiger partial charge >= 0.3 is 0 Å². The van der Waals surface area contributed by atoms with Crippen molar-refractivity contribution in [3.8, 4) is 0 Å². The topological polar surface area (TPSA) is 43.1 Å². The van der Waals surface area contributed by atoms with Gasteiger partial charge in [0.1, 0.15) is 0 Å². The lowest BCUT2D eigenvalue weighted by Crippen LogP contribution is -2.05. The van der Waals surface area contributed by atoms with E-state index in [1.165, 1.54) is 5.56 Å². The lowest BCUT2D eigenvalue weighted by Gasteiger charge is -2.05. The SMILES string of the molecule is Cc1ccccc1C(=O)c1ccc(CCN)cc1. The minimum atomic E-state index is 0.0763. The largest absolute Gasteiger partial charge is 0.330 e. The van der Waals surface area contributed by atoms with Gasteiger partial charge in [-0.25, -0.2) is 0 Å². The van der Waals surface area contributed by atoms with Gasteiger partial charge in [-0.15, -0.1) is 0 Å². The van der Waals surface area contributed by atoms with Gasteiger partial charge in [0.15, 0.2) is 5.78 Å². The molecule has 0 aliphatic heterocycles. The summed E-state index contributed by atoms with van der Waals surface area (Å²) in [6, 6.07) is 15.3.